The number of carbonyl (C=O) groups is 1. The molecule has 0 spiro atoms. The number of hydrazine groups is 1. The molecular weight excluding hydrogens is 247 g/mol. The van der Waals surface area contributed by atoms with Crippen molar-refractivity contribution in [1.29, 1.82) is 0 Å². The van der Waals surface area contributed by atoms with Crippen molar-refractivity contribution in [2.75, 3.05) is 0 Å². The molecule has 88 valence electrons. The molecule has 1 aromatic rings. The average Bonchev–Trinajstić information content (AvgIpc) is 2.28. The van der Waals surface area contributed by atoms with E-state index in [-0.39, 0.29) is 5.91 Å². The second-order valence-corrected chi connectivity index (χ2v) is 4.34. The van der Waals surface area contributed by atoms with E-state index in [4.69, 9.17) is 29.0 Å². The molecule has 1 aromatic carbocycles. The highest BCUT2D eigenvalue weighted by molar-refractivity contribution is 6.42. The standard InChI is InChI=1S/C11H14Cl2N2O/c12-9-6-5-8(7-10(9)13)3-1-2-4-11(16)15-14/h5-7H,1-4,14H2,(H,15,16). The van der Waals surface area contributed by atoms with Crippen molar-refractivity contribution in [2.24, 2.45) is 5.84 Å². The third-order valence-electron chi connectivity index (χ3n) is 2.26. The number of hydrogen-bond acceptors (Lipinski definition) is 2. The van der Waals surface area contributed by atoms with Gasteiger partial charge in [-0.3, -0.25) is 10.2 Å². The first-order valence-electron chi connectivity index (χ1n) is 5.07. The molecule has 0 bridgehead atoms. The lowest BCUT2D eigenvalue weighted by atomic mass is 10.1. The molecule has 1 amide bonds. The van der Waals surface area contributed by atoms with Gasteiger partial charge in [0.2, 0.25) is 5.91 Å². The van der Waals surface area contributed by atoms with Crippen molar-refractivity contribution >= 4 is 29.1 Å². The fourth-order valence-electron chi connectivity index (χ4n) is 1.38. The van der Waals surface area contributed by atoms with Gasteiger partial charge in [0.1, 0.15) is 0 Å². The largest absolute Gasteiger partial charge is 0.294 e. The maximum Gasteiger partial charge on any atom is 0.233 e. The molecule has 0 atom stereocenters. The predicted octanol–water partition coefficient (Wildman–Crippen LogP) is 2.70. The van der Waals surface area contributed by atoms with E-state index in [1.165, 1.54) is 0 Å². The zero-order valence-corrected chi connectivity index (χ0v) is 10.3. The number of benzene rings is 1. The van der Waals surface area contributed by atoms with E-state index < -0.39 is 0 Å². The summed E-state index contributed by atoms with van der Waals surface area (Å²) >= 11 is 11.7. The lowest BCUT2D eigenvalue weighted by Crippen LogP contribution is -2.29. The molecule has 0 saturated carbocycles. The van der Waals surface area contributed by atoms with Crippen molar-refractivity contribution in [3.05, 3.63) is 33.8 Å². The van der Waals surface area contributed by atoms with Crippen LogP contribution in [0, 0.1) is 0 Å². The Morgan fingerprint density at radius 2 is 2.00 bits per heavy atom. The van der Waals surface area contributed by atoms with Crippen LogP contribution in [-0.2, 0) is 11.2 Å². The van der Waals surface area contributed by atoms with Crippen molar-refractivity contribution in [3.8, 4) is 0 Å². The second-order valence-electron chi connectivity index (χ2n) is 3.52. The highest BCUT2D eigenvalue weighted by Gasteiger charge is 2.01. The highest BCUT2D eigenvalue weighted by atomic mass is 35.5. The van der Waals surface area contributed by atoms with Gasteiger partial charge in [0.15, 0.2) is 0 Å². The van der Waals surface area contributed by atoms with Gasteiger partial charge < -0.3 is 0 Å². The van der Waals surface area contributed by atoms with Gasteiger partial charge in [-0.25, -0.2) is 5.84 Å². The van der Waals surface area contributed by atoms with Gasteiger partial charge >= 0.3 is 0 Å². The minimum Gasteiger partial charge on any atom is -0.294 e. The molecule has 0 aromatic heterocycles. The average molecular weight is 261 g/mol. The molecule has 0 aliphatic heterocycles. The number of unbranched alkanes of at least 4 members (excludes halogenated alkanes) is 1. The minimum atomic E-state index is -0.130. The highest BCUT2D eigenvalue weighted by Crippen LogP contribution is 2.23. The van der Waals surface area contributed by atoms with Crippen LogP contribution >= 0.6 is 23.2 Å². The van der Waals surface area contributed by atoms with Crippen LogP contribution in [0.15, 0.2) is 18.2 Å². The van der Waals surface area contributed by atoms with Crippen LogP contribution in [-0.4, -0.2) is 5.91 Å². The molecule has 0 radical (unpaired) electrons. The number of halogens is 2. The first-order valence-corrected chi connectivity index (χ1v) is 5.82. The van der Waals surface area contributed by atoms with E-state index >= 15 is 0 Å². The van der Waals surface area contributed by atoms with Crippen LogP contribution < -0.4 is 11.3 Å². The fraction of sp³-hybridized carbons (Fsp3) is 0.364. The Morgan fingerprint density at radius 3 is 2.62 bits per heavy atom. The molecule has 1 rings (SSSR count). The van der Waals surface area contributed by atoms with E-state index in [1.807, 2.05) is 12.1 Å². The zero-order valence-electron chi connectivity index (χ0n) is 8.80. The lowest BCUT2D eigenvalue weighted by Gasteiger charge is -2.03. The second kappa shape index (κ2) is 6.74. The fourth-order valence-corrected chi connectivity index (χ4v) is 1.70. The number of carbonyl (C=O) groups excluding carboxylic acids is 1. The molecule has 3 nitrogen and oxygen atoms in total. The van der Waals surface area contributed by atoms with Gasteiger partial charge in [-0.15, -0.1) is 0 Å². The van der Waals surface area contributed by atoms with E-state index in [9.17, 15) is 4.79 Å². The molecular formula is C11H14Cl2N2O. The quantitative estimate of drug-likeness (QED) is 0.370. The Bertz CT molecular complexity index is 369. The van der Waals surface area contributed by atoms with E-state index in [0.29, 0.717) is 16.5 Å². The molecule has 0 saturated heterocycles. The summed E-state index contributed by atoms with van der Waals surface area (Å²) in [4.78, 5) is 10.8. The van der Waals surface area contributed by atoms with E-state index in [0.717, 1.165) is 24.8 Å². The van der Waals surface area contributed by atoms with Gasteiger partial charge in [0, 0.05) is 6.42 Å². The number of rotatable bonds is 5. The topological polar surface area (TPSA) is 55.1 Å². The Labute approximate surface area is 105 Å². The van der Waals surface area contributed by atoms with Gasteiger partial charge in [-0.1, -0.05) is 29.3 Å². The van der Waals surface area contributed by atoms with Gasteiger partial charge in [-0.05, 0) is 37.0 Å². The van der Waals surface area contributed by atoms with Crippen LogP contribution in [0.5, 0.6) is 0 Å². The number of hydrogen-bond donors (Lipinski definition) is 2. The summed E-state index contributed by atoms with van der Waals surface area (Å²) in [5.74, 6) is 4.84. The molecule has 0 aliphatic rings. The smallest absolute Gasteiger partial charge is 0.233 e. The van der Waals surface area contributed by atoms with Crippen LogP contribution in [0.3, 0.4) is 0 Å². The zero-order chi connectivity index (χ0) is 12.0. The summed E-state index contributed by atoms with van der Waals surface area (Å²) in [5.41, 5.74) is 3.23. The number of aryl methyl sites for hydroxylation is 1. The molecule has 5 heteroatoms. The van der Waals surface area contributed by atoms with Crippen LogP contribution in [0.4, 0.5) is 0 Å². The molecule has 0 heterocycles. The minimum absolute atomic E-state index is 0.130. The maximum absolute atomic E-state index is 10.8. The van der Waals surface area contributed by atoms with E-state index in [1.54, 1.807) is 6.07 Å². The Balaban J connectivity index is 2.32. The summed E-state index contributed by atoms with van der Waals surface area (Å²) < 4.78 is 0. The van der Waals surface area contributed by atoms with Crippen LogP contribution in [0.25, 0.3) is 0 Å². The Morgan fingerprint density at radius 1 is 1.25 bits per heavy atom. The molecule has 16 heavy (non-hydrogen) atoms. The predicted molar refractivity (Wildman–Crippen MR) is 66.3 cm³/mol. The van der Waals surface area contributed by atoms with Gasteiger partial charge in [-0.2, -0.15) is 0 Å². The number of nitrogens with one attached hydrogen (secondary N) is 1. The van der Waals surface area contributed by atoms with Gasteiger partial charge in [0.05, 0.1) is 10.0 Å². The number of nitrogens with two attached hydrogens (primary N) is 1. The SMILES string of the molecule is NNC(=O)CCCCc1ccc(Cl)c(Cl)c1. The monoisotopic (exact) mass is 260 g/mol. The third kappa shape index (κ3) is 4.39. The summed E-state index contributed by atoms with van der Waals surface area (Å²) in [5, 5.41) is 1.13. The third-order valence-corrected chi connectivity index (χ3v) is 3.00. The van der Waals surface area contributed by atoms with Gasteiger partial charge in [0.25, 0.3) is 0 Å². The summed E-state index contributed by atoms with van der Waals surface area (Å²) in [6.07, 6.45) is 3.07. The normalized spacial score (nSPS) is 10.2. The lowest BCUT2D eigenvalue weighted by molar-refractivity contribution is -0.121. The maximum atomic E-state index is 10.8. The van der Waals surface area contributed by atoms with Crippen molar-refractivity contribution in [1.82, 2.24) is 5.43 Å². The molecule has 3 N–H and O–H groups in total. The first kappa shape index (κ1) is 13.3. The molecule has 0 fully saturated rings. The summed E-state index contributed by atoms with van der Waals surface area (Å²) in [7, 11) is 0. The number of amides is 1. The van der Waals surface area contributed by atoms with Crippen LogP contribution in [0.2, 0.25) is 10.0 Å². The molecule has 0 aliphatic carbocycles. The molecule has 0 unspecified atom stereocenters. The van der Waals surface area contributed by atoms with Crippen LogP contribution in [0.1, 0.15) is 24.8 Å². The summed E-state index contributed by atoms with van der Waals surface area (Å²) in [6.45, 7) is 0. The van der Waals surface area contributed by atoms with E-state index in [2.05, 4.69) is 5.43 Å². The first-order chi connectivity index (χ1) is 7.63. The van der Waals surface area contributed by atoms with Crippen molar-refractivity contribution in [3.63, 3.8) is 0 Å². The van der Waals surface area contributed by atoms with Crippen molar-refractivity contribution < 1.29 is 4.79 Å². The Hall–Kier alpha value is -0.770. The van der Waals surface area contributed by atoms with Crippen molar-refractivity contribution in [2.45, 2.75) is 25.7 Å². The summed E-state index contributed by atoms with van der Waals surface area (Å²) in [6, 6.07) is 5.58. The Kier molecular flexibility index (Phi) is 5.60.